The molecule has 4 nitrogen and oxygen atoms in total. The maximum absolute atomic E-state index is 12.4. The van der Waals surface area contributed by atoms with Crippen LogP contribution >= 0.6 is 11.6 Å². The second-order valence-electron chi connectivity index (χ2n) is 5.27. The fraction of sp³-hybridized carbons (Fsp3) is 0.312. The molecule has 2 amide bonds. The van der Waals surface area contributed by atoms with Crippen LogP contribution in [0, 0.1) is 0 Å². The van der Waals surface area contributed by atoms with Crippen molar-refractivity contribution >= 4 is 23.3 Å². The van der Waals surface area contributed by atoms with E-state index in [1.54, 1.807) is 29.2 Å². The van der Waals surface area contributed by atoms with Gasteiger partial charge in [0.05, 0.1) is 6.54 Å². The van der Waals surface area contributed by atoms with Gasteiger partial charge in [0, 0.05) is 35.7 Å². The van der Waals surface area contributed by atoms with Gasteiger partial charge < -0.3 is 14.8 Å². The van der Waals surface area contributed by atoms with E-state index in [1.165, 1.54) is 0 Å². The summed E-state index contributed by atoms with van der Waals surface area (Å²) in [6, 6.07) is 11.1. The average molecular weight is 306 g/mol. The molecule has 0 aliphatic carbocycles. The van der Waals surface area contributed by atoms with Crippen LogP contribution in [0.1, 0.15) is 19.5 Å². The Morgan fingerprint density at radius 3 is 2.48 bits per heavy atom. The number of carbonyl (C=O) groups is 1. The van der Waals surface area contributed by atoms with Crippen LogP contribution in [-0.2, 0) is 13.6 Å². The Bertz CT molecular complexity index is 604. The second-order valence-corrected chi connectivity index (χ2v) is 5.71. The standard InChI is InChI=1S/C16H20ClN3O/c1-12(2)20(11-15-5-4-10-19(15)3)16(21)18-14-8-6-13(17)7-9-14/h4-10,12H,11H2,1-3H3,(H,18,21). The largest absolute Gasteiger partial charge is 0.353 e. The van der Waals surface area contributed by atoms with Gasteiger partial charge in [0.25, 0.3) is 0 Å². The number of aromatic nitrogens is 1. The van der Waals surface area contributed by atoms with E-state index in [9.17, 15) is 4.79 Å². The molecular formula is C16H20ClN3O. The molecule has 0 atom stereocenters. The number of amides is 2. The molecular weight excluding hydrogens is 286 g/mol. The third-order valence-corrected chi connectivity index (χ3v) is 3.62. The van der Waals surface area contributed by atoms with Crippen molar-refractivity contribution in [2.24, 2.45) is 7.05 Å². The quantitative estimate of drug-likeness (QED) is 0.906. The Morgan fingerprint density at radius 1 is 1.29 bits per heavy atom. The number of halogens is 1. The highest BCUT2D eigenvalue weighted by Crippen LogP contribution is 2.16. The van der Waals surface area contributed by atoms with Gasteiger partial charge in [-0.3, -0.25) is 0 Å². The lowest BCUT2D eigenvalue weighted by Gasteiger charge is -2.27. The number of aryl methyl sites for hydroxylation is 1. The van der Waals surface area contributed by atoms with Crippen molar-refractivity contribution in [1.82, 2.24) is 9.47 Å². The van der Waals surface area contributed by atoms with Crippen LogP contribution in [0.3, 0.4) is 0 Å². The number of carbonyl (C=O) groups excluding carboxylic acids is 1. The van der Waals surface area contributed by atoms with Crippen LogP contribution in [0.15, 0.2) is 42.6 Å². The lowest BCUT2D eigenvalue weighted by atomic mass is 10.3. The van der Waals surface area contributed by atoms with E-state index in [1.807, 2.05) is 43.8 Å². The van der Waals surface area contributed by atoms with Gasteiger partial charge in [0.1, 0.15) is 0 Å². The molecule has 1 heterocycles. The highest BCUT2D eigenvalue weighted by molar-refractivity contribution is 6.30. The van der Waals surface area contributed by atoms with Gasteiger partial charge in [0.15, 0.2) is 0 Å². The first-order chi connectivity index (χ1) is 9.97. The molecule has 5 heteroatoms. The van der Waals surface area contributed by atoms with Gasteiger partial charge in [0.2, 0.25) is 0 Å². The summed E-state index contributed by atoms with van der Waals surface area (Å²) in [6.07, 6.45) is 1.98. The Labute approximate surface area is 130 Å². The molecule has 0 radical (unpaired) electrons. The minimum atomic E-state index is -0.117. The van der Waals surface area contributed by atoms with Crippen molar-refractivity contribution < 1.29 is 4.79 Å². The van der Waals surface area contributed by atoms with Gasteiger partial charge in [-0.1, -0.05) is 11.6 Å². The third-order valence-electron chi connectivity index (χ3n) is 3.36. The maximum Gasteiger partial charge on any atom is 0.322 e. The van der Waals surface area contributed by atoms with Gasteiger partial charge >= 0.3 is 6.03 Å². The summed E-state index contributed by atoms with van der Waals surface area (Å²) in [5.41, 5.74) is 1.83. The molecule has 0 bridgehead atoms. The average Bonchev–Trinajstić information content (AvgIpc) is 2.83. The van der Waals surface area contributed by atoms with Crippen molar-refractivity contribution in [3.8, 4) is 0 Å². The Balaban J connectivity index is 2.09. The molecule has 1 aromatic carbocycles. The molecule has 0 fully saturated rings. The number of benzene rings is 1. The van der Waals surface area contributed by atoms with E-state index < -0.39 is 0 Å². The lowest BCUT2D eigenvalue weighted by Crippen LogP contribution is -2.39. The molecule has 2 rings (SSSR count). The van der Waals surface area contributed by atoms with E-state index >= 15 is 0 Å². The zero-order valence-electron chi connectivity index (χ0n) is 12.5. The van der Waals surface area contributed by atoms with E-state index in [0.717, 1.165) is 11.4 Å². The summed E-state index contributed by atoms with van der Waals surface area (Å²) in [5.74, 6) is 0. The maximum atomic E-state index is 12.4. The van der Waals surface area contributed by atoms with Crippen molar-refractivity contribution in [2.75, 3.05) is 5.32 Å². The zero-order chi connectivity index (χ0) is 15.4. The zero-order valence-corrected chi connectivity index (χ0v) is 13.3. The molecule has 0 unspecified atom stereocenters. The molecule has 1 N–H and O–H groups in total. The smallest absolute Gasteiger partial charge is 0.322 e. The van der Waals surface area contributed by atoms with E-state index in [2.05, 4.69) is 5.32 Å². The molecule has 0 spiro atoms. The van der Waals surface area contributed by atoms with Crippen molar-refractivity contribution in [3.63, 3.8) is 0 Å². The van der Waals surface area contributed by atoms with Gasteiger partial charge in [-0.25, -0.2) is 4.79 Å². The molecule has 112 valence electrons. The Morgan fingerprint density at radius 2 is 1.95 bits per heavy atom. The first-order valence-electron chi connectivity index (χ1n) is 6.91. The topological polar surface area (TPSA) is 37.3 Å². The van der Waals surface area contributed by atoms with Crippen LogP contribution in [0.25, 0.3) is 0 Å². The number of hydrogen-bond acceptors (Lipinski definition) is 1. The van der Waals surface area contributed by atoms with Crippen LogP contribution in [0.5, 0.6) is 0 Å². The summed E-state index contributed by atoms with van der Waals surface area (Å²) in [5, 5.41) is 3.55. The fourth-order valence-electron chi connectivity index (χ4n) is 2.05. The number of nitrogens with one attached hydrogen (secondary N) is 1. The number of hydrogen-bond donors (Lipinski definition) is 1. The first-order valence-corrected chi connectivity index (χ1v) is 7.28. The highest BCUT2D eigenvalue weighted by Gasteiger charge is 2.18. The fourth-order valence-corrected chi connectivity index (χ4v) is 2.18. The first kappa shape index (κ1) is 15.4. The monoisotopic (exact) mass is 305 g/mol. The van der Waals surface area contributed by atoms with Gasteiger partial charge in [-0.2, -0.15) is 0 Å². The molecule has 2 aromatic rings. The summed E-state index contributed by atoms with van der Waals surface area (Å²) >= 11 is 5.85. The van der Waals surface area contributed by atoms with Crippen molar-refractivity contribution in [1.29, 1.82) is 0 Å². The van der Waals surface area contributed by atoms with E-state index in [-0.39, 0.29) is 12.1 Å². The van der Waals surface area contributed by atoms with Gasteiger partial charge in [-0.05, 0) is 50.2 Å². The number of nitrogens with zero attached hydrogens (tertiary/aromatic N) is 2. The predicted molar refractivity (Wildman–Crippen MR) is 86.6 cm³/mol. The van der Waals surface area contributed by atoms with Gasteiger partial charge in [-0.15, -0.1) is 0 Å². The van der Waals surface area contributed by atoms with E-state index in [0.29, 0.717) is 11.6 Å². The number of urea groups is 1. The van der Waals surface area contributed by atoms with Crippen LogP contribution in [-0.4, -0.2) is 21.5 Å². The summed E-state index contributed by atoms with van der Waals surface area (Å²) < 4.78 is 2.02. The van der Waals surface area contributed by atoms with Crippen LogP contribution in [0.4, 0.5) is 10.5 Å². The molecule has 0 saturated carbocycles. The molecule has 0 aliphatic rings. The molecule has 1 aromatic heterocycles. The lowest BCUT2D eigenvalue weighted by molar-refractivity contribution is 0.192. The second kappa shape index (κ2) is 6.68. The summed E-state index contributed by atoms with van der Waals surface area (Å²) in [4.78, 5) is 14.2. The normalized spacial score (nSPS) is 10.7. The van der Waals surface area contributed by atoms with E-state index in [4.69, 9.17) is 11.6 Å². The highest BCUT2D eigenvalue weighted by atomic mass is 35.5. The third kappa shape index (κ3) is 4.02. The number of anilines is 1. The van der Waals surface area contributed by atoms with Crippen molar-refractivity contribution in [2.45, 2.75) is 26.4 Å². The molecule has 21 heavy (non-hydrogen) atoms. The molecule has 0 aliphatic heterocycles. The minimum absolute atomic E-state index is 0.104. The number of rotatable bonds is 4. The summed E-state index contributed by atoms with van der Waals surface area (Å²) in [7, 11) is 1.98. The Kier molecular flexibility index (Phi) is 4.91. The minimum Gasteiger partial charge on any atom is -0.353 e. The molecule has 0 saturated heterocycles. The van der Waals surface area contributed by atoms with Crippen molar-refractivity contribution in [3.05, 3.63) is 53.3 Å². The SMILES string of the molecule is CC(C)N(Cc1cccn1C)C(=O)Nc1ccc(Cl)cc1. The van der Waals surface area contributed by atoms with Crippen LogP contribution < -0.4 is 5.32 Å². The Hall–Kier alpha value is -1.94. The predicted octanol–water partition coefficient (Wildman–Crippen LogP) is 4.12. The van der Waals surface area contributed by atoms with Crippen LogP contribution in [0.2, 0.25) is 5.02 Å². The summed E-state index contributed by atoms with van der Waals surface area (Å²) in [6.45, 7) is 4.58.